The lowest BCUT2D eigenvalue weighted by Crippen LogP contribution is -2.36. The van der Waals surface area contributed by atoms with E-state index >= 15 is 4.39 Å². The number of esters is 2. The number of rotatable bonds is 6. The second-order valence-corrected chi connectivity index (χ2v) is 9.00. The van der Waals surface area contributed by atoms with Crippen LogP contribution in [-0.2, 0) is 14.2 Å². The quantitative estimate of drug-likeness (QED) is 0.295. The summed E-state index contributed by atoms with van der Waals surface area (Å²) in [4.78, 5) is 33.9. The number of fused-ring (bicyclic) bond motifs is 1. The minimum absolute atomic E-state index is 0.170. The van der Waals surface area contributed by atoms with E-state index in [1.54, 1.807) is 55.6 Å². The average Bonchev–Trinajstić information content (AvgIpc) is 3.43. The first-order chi connectivity index (χ1) is 17.9. The van der Waals surface area contributed by atoms with E-state index in [0.717, 1.165) is 0 Å². The standard InChI is InChI=1S/C25H22FN5O5S/c1-13-8-6-7-11-15(13)24(33)36-25-18(34-23(32)14-9-4-3-5-10-14)17(26)22(35-25)31-20-16(21(30-31)37-2)19(27)28-12-29-20/h3-12,17-18,22,25H,1-2H3,(H2,27,28,29)/t17-,18-,22-,25-/m0/s1. The number of aromatic nitrogens is 4. The molecule has 4 atom stereocenters. The van der Waals surface area contributed by atoms with E-state index in [1.165, 1.54) is 34.9 Å². The second kappa shape index (κ2) is 10.1. The third kappa shape index (κ3) is 4.60. The van der Waals surface area contributed by atoms with Gasteiger partial charge in [-0.3, -0.25) is 0 Å². The first-order valence-corrected chi connectivity index (χ1v) is 12.5. The lowest BCUT2D eigenvalue weighted by atomic mass is 10.1. The molecule has 10 nitrogen and oxygen atoms in total. The fourth-order valence-electron chi connectivity index (χ4n) is 4.03. The van der Waals surface area contributed by atoms with Crippen molar-refractivity contribution in [2.75, 3.05) is 12.0 Å². The molecule has 1 aliphatic rings. The van der Waals surface area contributed by atoms with Crippen molar-refractivity contribution in [3.05, 3.63) is 77.6 Å². The van der Waals surface area contributed by atoms with Crippen molar-refractivity contribution in [1.29, 1.82) is 0 Å². The molecule has 0 saturated carbocycles. The molecule has 0 aliphatic carbocycles. The zero-order chi connectivity index (χ0) is 26.1. The molecule has 37 heavy (non-hydrogen) atoms. The summed E-state index contributed by atoms with van der Waals surface area (Å²) in [6.45, 7) is 1.74. The highest BCUT2D eigenvalue weighted by molar-refractivity contribution is 7.98. The van der Waals surface area contributed by atoms with Gasteiger partial charge < -0.3 is 19.9 Å². The molecule has 4 aromatic rings. The highest BCUT2D eigenvalue weighted by Gasteiger charge is 2.52. The number of aryl methyl sites for hydroxylation is 1. The molecule has 2 aromatic heterocycles. The monoisotopic (exact) mass is 523 g/mol. The average molecular weight is 524 g/mol. The first-order valence-electron chi connectivity index (χ1n) is 11.2. The summed E-state index contributed by atoms with van der Waals surface area (Å²) in [6.07, 6.45) is -3.53. The van der Waals surface area contributed by atoms with Crippen molar-refractivity contribution in [2.24, 2.45) is 0 Å². The number of halogens is 1. The van der Waals surface area contributed by atoms with Gasteiger partial charge in [-0.05, 0) is 36.9 Å². The number of alkyl halides is 1. The van der Waals surface area contributed by atoms with Gasteiger partial charge in [0.2, 0.25) is 6.29 Å². The van der Waals surface area contributed by atoms with E-state index in [0.29, 0.717) is 16.0 Å². The predicted molar refractivity (Wildman–Crippen MR) is 133 cm³/mol. The van der Waals surface area contributed by atoms with Crippen LogP contribution in [0.5, 0.6) is 0 Å². The normalized spacial score (nSPS) is 21.2. The van der Waals surface area contributed by atoms with Gasteiger partial charge in [0.25, 0.3) is 0 Å². The molecule has 0 radical (unpaired) electrons. The summed E-state index contributed by atoms with van der Waals surface area (Å²) in [6, 6.07) is 14.9. The minimum Gasteiger partial charge on any atom is -0.449 e. The van der Waals surface area contributed by atoms with Crippen LogP contribution < -0.4 is 5.73 Å². The molecule has 0 amide bonds. The topological polar surface area (TPSA) is 131 Å². The Morgan fingerprint density at radius 3 is 2.51 bits per heavy atom. The Hall–Kier alpha value is -4.03. The third-order valence-corrected chi connectivity index (χ3v) is 6.56. The van der Waals surface area contributed by atoms with Gasteiger partial charge in [0.15, 0.2) is 24.2 Å². The maximum atomic E-state index is 16.0. The van der Waals surface area contributed by atoms with Crippen LogP contribution in [0.1, 0.15) is 32.5 Å². The Labute approximate surface area is 214 Å². The molecule has 0 unspecified atom stereocenters. The Morgan fingerprint density at radius 2 is 1.78 bits per heavy atom. The maximum Gasteiger partial charge on any atom is 0.340 e. The molecular formula is C25H22FN5O5S. The van der Waals surface area contributed by atoms with Gasteiger partial charge in [0.1, 0.15) is 17.2 Å². The SMILES string of the molecule is CSc1nn([C@H]2O[C@@H](OC(=O)c3ccccc3C)[C@@H](OC(=O)c3ccccc3)[C@@H]2F)c2ncnc(N)c12. The number of thioether (sulfide) groups is 1. The van der Waals surface area contributed by atoms with E-state index in [9.17, 15) is 9.59 Å². The second-order valence-electron chi connectivity index (χ2n) is 8.21. The highest BCUT2D eigenvalue weighted by Crippen LogP contribution is 2.38. The first kappa shape index (κ1) is 24.7. The summed E-state index contributed by atoms with van der Waals surface area (Å²) >= 11 is 1.27. The molecular weight excluding hydrogens is 501 g/mol. The number of ether oxygens (including phenoxy) is 3. The molecule has 0 spiro atoms. The highest BCUT2D eigenvalue weighted by atomic mass is 32.2. The summed E-state index contributed by atoms with van der Waals surface area (Å²) in [5, 5.41) is 5.30. The number of nitrogens with zero attached hydrogens (tertiary/aromatic N) is 4. The van der Waals surface area contributed by atoms with Crippen LogP contribution in [0.2, 0.25) is 0 Å². The molecule has 12 heteroatoms. The van der Waals surface area contributed by atoms with Gasteiger partial charge in [-0.1, -0.05) is 36.4 Å². The van der Waals surface area contributed by atoms with Gasteiger partial charge in [0.05, 0.1) is 16.5 Å². The molecule has 190 valence electrons. The number of carbonyl (C=O) groups is 2. The molecule has 2 N–H and O–H groups in total. The van der Waals surface area contributed by atoms with Gasteiger partial charge in [-0.2, -0.15) is 5.10 Å². The molecule has 3 heterocycles. The van der Waals surface area contributed by atoms with Gasteiger partial charge in [-0.25, -0.2) is 28.6 Å². The molecule has 5 rings (SSSR count). The number of anilines is 1. The number of hydrogen-bond donors (Lipinski definition) is 1. The van der Waals surface area contributed by atoms with Crippen LogP contribution in [0.4, 0.5) is 10.2 Å². The zero-order valence-electron chi connectivity index (χ0n) is 19.8. The Balaban J connectivity index is 1.50. The van der Waals surface area contributed by atoms with E-state index in [2.05, 4.69) is 15.1 Å². The minimum atomic E-state index is -1.96. The van der Waals surface area contributed by atoms with E-state index in [-0.39, 0.29) is 22.6 Å². The van der Waals surface area contributed by atoms with Crippen LogP contribution in [0.3, 0.4) is 0 Å². The van der Waals surface area contributed by atoms with Crippen LogP contribution in [0, 0.1) is 6.92 Å². The van der Waals surface area contributed by atoms with Crippen LogP contribution >= 0.6 is 11.8 Å². The fourth-order valence-corrected chi connectivity index (χ4v) is 4.60. The molecule has 0 bridgehead atoms. The summed E-state index contributed by atoms with van der Waals surface area (Å²) < 4.78 is 34.1. The largest absolute Gasteiger partial charge is 0.449 e. The Kier molecular flexibility index (Phi) is 6.76. The molecule has 1 fully saturated rings. The number of nitrogen functional groups attached to an aromatic ring is 1. The summed E-state index contributed by atoms with van der Waals surface area (Å²) in [5.74, 6) is -1.38. The van der Waals surface area contributed by atoms with Crippen LogP contribution in [0.25, 0.3) is 11.0 Å². The molecule has 2 aromatic carbocycles. The van der Waals surface area contributed by atoms with Gasteiger partial charge in [0, 0.05) is 0 Å². The van der Waals surface area contributed by atoms with Crippen molar-refractivity contribution >= 4 is 40.6 Å². The zero-order valence-corrected chi connectivity index (χ0v) is 20.6. The lowest BCUT2D eigenvalue weighted by Gasteiger charge is -2.20. The van der Waals surface area contributed by atoms with E-state index < -0.39 is 36.7 Å². The van der Waals surface area contributed by atoms with E-state index in [1.807, 2.05) is 0 Å². The van der Waals surface area contributed by atoms with Crippen molar-refractivity contribution in [3.63, 3.8) is 0 Å². The van der Waals surface area contributed by atoms with Crippen molar-refractivity contribution < 1.29 is 28.2 Å². The third-order valence-electron chi connectivity index (χ3n) is 5.89. The van der Waals surface area contributed by atoms with Gasteiger partial charge >= 0.3 is 11.9 Å². The van der Waals surface area contributed by atoms with Crippen molar-refractivity contribution in [3.8, 4) is 0 Å². The number of benzene rings is 2. The number of carbonyl (C=O) groups excluding carboxylic acids is 2. The summed E-state index contributed by atoms with van der Waals surface area (Å²) in [5.41, 5.74) is 7.38. The number of nitrogens with two attached hydrogens (primary N) is 1. The maximum absolute atomic E-state index is 16.0. The van der Waals surface area contributed by atoms with Crippen LogP contribution in [-0.4, -0.2) is 56.5 Å². The Bertz CT molecular complexity index is 1470. The smallest absolute Gasteiger partial charge is 0.340 e. The van der Waals surface area contributed by atoms with Gasteiger partial charge in [-0.15, -0.1) is 11.8 Å². The fraction of sp³-hybridized carbons (Fsp3) is 0.240. The Morgan fingerprint density at radius 1 is 1.05 bits per heavy atom. The number of hydrogen-bond acceptors (Lipinski definition) is 10. The van der Waals surface area contributed by atoms with Crippen molar-refractivity contribution in [2.45, 2.75) is 36.7 Å². The molecule has 1 saturated heterocycles. The van der Waals surface area contributed by atoms with Crippen LogP contribution in [0.15, 0.2) is 66.0 Å². The molecule has 1 aliphatic heterocycles. The lowest BCUT2D eigenvalue weighted by molar-refractivity contribution is -0.149. The van der Waals surface area contributed by atoms with E-state index in [4.69, 9.17) is 19.9 Å². The van der Waals surface area contributed by atoms with Crippen molar-refractivity contribution in [1.82, 2.24) is 19.7 Å². The summed E-state index contributed by atoms with van der Waals surface area (Å²) in [7, 11) is 0. The predicted octanol–water partition coefficient (Wildman–Crippen LogP) is 3.71.